The maximum Gasteiger partial charge on any atom is 0.313 e. The molecule has 1 heterocycles. The van der Waals surface area contributed by atoms with Crippen LogP contribution >= 0.6 is 0 Å². The largest absolute Gasteiger partial charge is 0.319 e. The van der Waals surface area contributed by atoms with E-state index in [2.05, 4.69) is 37.3 Å². The fraction of sp³-hybridized carbons (Fsp3) is 0.444. The number of hydrogen-bond donors (Lipinski definition) is 1. The zero-order chi connectivity index (χ0) is 17.3. The van der Waals surface area contributed by atoms with Crippen LogP contribution in [0, 0.1) is 11.3 Å². The van der Waals surface area contributed by atoms with Crippen molar-refractivity contribution in [2.45, 2.75) is 39.5 Å². The van der Waals surface area contributed by atoms with Crippen molar-refractivity contribution in [2.24, 2.45) is 11.3 Å². The smallest absolute Gasteiger partial charge is 0.313 e. The molecule has 23 heavy (non-hydrogen) atoms. The van der Waals surface area contributed by atoms with Crippen LogP contribution in [0.4, 0.5) is 8.78 Å². The third kappa shape index (κ3) is 3.33. The molecule has 0 amide bonds. The van der Waals surface area contributed by atoms with Gasteiger partial charge in [0.05, 0.1) is 10.7 Å². The molecule has 0 bridgehead atoms. The monoisotopic (exact) mass is 320 g/mol. The van der Waals surface area contributed by atoms with Crippen LogP contribution in [0.3, 0.4) is 0 Å². The van der Waals surface area contributed by atoms with Gasteiger partial charge in [0.15, 0.2) is 5.69 Å². The number of aromatic nitrogens is 2. The first-order valence-electron chi connectivity index (χ1n) is 7.78. The van der Waals surface area contributed by atoms with Crippen LogP contribution in [0.25, 0.3) is 12.2 Å². The van der Waals surface area contributed by atoms with E-state index in [9.17, 15) is 13.6 Å². The fourth-order valence-electron chi connectivity index (χ4n) is 2.79. The maximum absolute atomic E-state index is 13.8. The maximum atomic E-state index is 13.8. The van der Waals surface area contributed by atoms with Crippen molar-refractivity contribution in [1.82, 2.24) is 9.97 Å². The summed E-state index contributed by atoms with van der Waals surface area (Å²) in [6, 6.07) is 0. The van der Waals surface area contributed by atoms with Gasteiger partial charge in [0.2, 0.25) is 0 Å². The van der Waals surface area contributed by atoms with Gasteiger partial charge in [-0.25, -0.2) is 4.98 Å². The Bertz CT molecular complexity index is 807. The van der Waals surface area contributed by atoms with Gasteiger partial charge in [0, 0.05) is 5.41 Å². The molecule has 0 fully saturated rings. The predicted molar refractivity (Wildman–Crippen MR) is 88.4 cm³/mol. The average Bonchev–Trinajstić information content (AvgIpc) is 2.65. The van der Waals surface area contributed by atoms with Crippen molar-refractivity contribution in [3.8, 4) is 0 Å². The molecular weight excluding hydrogens is 298 g/mol. The highest BCUT2D eigenvalue weighted by Gasteiger charge is 2.33. The highest BCUT2D eigenvalue weighted by Crippen LogP contribution is 2.34. The SMILES string of the molecule is C=CC(F)(F)c1nc2c([nH]c1=O)=CC(C)(C(C)CCC)C=CC=2. The van der Waals surface area contributed by atoms with E-state index in [1.165, 1.54) is 0 Å². The molecule has 0 saturated heterocycles. The van der Waals surface area contributed by atoms with Crippen LogP contribution in [0.5, 0.6) is 0 Å². The molecule has 3 nitrogen and oxygen atoms in total. The first-order chi connectivity index (χ1) is 10.7. The molecule has 0 aliphatic heterocycles. The molecule has 1 N–H and O–H groups in total. The fourth-order valence-corrected chi connectivity index (χ4v) is 2.79. The van der Waals surface area contributed by atoms with E-state index in [0.717, 1.165) is 12.8 Å². The van der Waals surface area contributed by atoms with Crippen LogP contribution in [-0.2, 0) is 5.92 Å². The van der Waals surface area contributed by atoms with Crippen LogP contribution in [0.1, 0.15) is 39.3 Å². The molecule has 0 radical (unpaired) electrons. The number of fused-ring (bicyclic) bond motifs is 1. The third-order valence-electron chi connectivity index (χ3n) is 4.49. The summed E-state index contributed by atoms with van der Waals surface area (Å²) in [4.78, 5) is 18.5. The van der Waals surface area contributed by atoms with E-state index in [0.29, 0.717) is 22.7 Å². The summed E-state index contributed by atoms with van der Waals surface area (Å²) in [5.41, 5.74) is -1.98. The Morgan fingerprint density at radius 3 is 2.83 bits per heavy atom. The molecule has 0 saturated carbocycles. The van der Waals surface area contributed by atoms with Gasteiger partial charge >= 0.3 is 5.92 Å². The Kier molecular flexibility index (Phi) is 4.68. The number of nitrogens with zero attached hydrogens (tertiary/aromatic N) is 1. The topological polar surface area (TPSA) is 45.8 Å². The molecule has 1 aromatic heterocycles. The predicted octanol–water partition coefficient (Wildman–Crippen LogP) is 2.62. The lowest BCUT2D eigenvalue weighted by Crippen LogP contribution is -2.43. The van der Waals surface area contributed by atoms with Gasteiger partial charge in [-0.15, -0.1) is 0 Å². The van der Waals surface area contributed by atoms with Crippen molar-refractivity contribution in [2.75, 3.05) is 0 Å². The zero-order valence-electron chi connectivity index (χ0n) is 13.7. The Labute approximate surface area is 134 Å². The number of halogens is 2. The van der Waals surface area contributed by atoms with Gasteiger partial charge in [0.25, 0.3) is 5.56 Å². The number of alkyl halides is 2. The normalized spacial score (nSPS) is 21.6. The summed E-state index contributed by atoms with van der Waals surface area (Å²) >= 11 is 0. The zero-order valence-corrected chi connectivity index (χ0v) is 13.7. The quantitative estimate of drug-likeness (QED) is 0.848. The second-order valence-electron chi connectivity index (χ2n) is 6.27. The Morgan fingerprint density at radius 2 is 2.22 bits per heavy atom. The van der Waals surface area contributed by atoms with Gasteiger partial charge < -0.3 is 4.98 Å². The highest BCUT2D eigenvalue weighted by atomic mass is 19.3. The Morgan fingerprint density at radius 1 is 1.52 bits per heavy atom. The number of H-pyrrole nitrogens is 1. The molecule has 1 aromatic rings. The molecule has 0 aromatic carbocycles. The second-order valence-corrected chi connectivity index (χ2v) is 6.27. The Balaban J connectivity index is 2.67. The van der Waals surface area contributed by atoms with Crippen molar-refractivity contribution in [1.29, 1.82) is 0 Å². The van der Waals surface area contributed by atoms with Gasteiger partial charge in [-0.2, -0.15) is 8.78 Å². The van der Waals surface area contributed by atoms with E-state index in [4.69, 9.17) is 0 Å². The van der Waals surface area contributed by atoms with Crippen molar-refractivity contribution >= 4 is 12.2 Å². The first-order valence-corrected chi connectivity index (χ1v) is 7.78. The summed E-state index contributed by atoms with van der Waals surface area (Å²) in [6.07, 6.45) is 9.90. The standard InChI is InChI=1S/C18H22F2N2O/c1-5-8-12(3)17(4)10-7-9-13-14(11-17)22-16(23)15(21-13)18(19,20)6-2/h6-7,9-12H,2,5,8H2,1,3-4H3,(H,22,23). The number of aromatic amines is 1. The molecule has 2 atom stereocenters. The number of hydrogen-bond acceptors (Lipinski definition) is 2. The lowest BCUT2D eigenvalue weighted by molar-refractivity contribution is 0.0455. The van der Waals surface area contributed by atoms with E-state index >= 15 is 0 Å². The van der Waals surface area contributed by atoms with E-state index in [1.807, 2.05) is 18.2 Å². The second kappa shape index (κ2) is 6.22. The van der Waals surface area contributed by atoms with Crippen LogP contribution < -0.4 is 16.3 Å². The third-order valence-corrected chi connectivity index (χ3v) is 4.49. The first kappa shape index (κ1) is 17.3. The minimum Gasteiger partial charge on any atom is -0.319 e. The molecule has 0 spiro atoms. The number of nitrogens with one attached hydrogen (secondary N) is 1. The van der Waals surface area contributed by atoms with E-state index < -0.39 is 17.2 Å². The molecule has 2 rings (SSSR count). The van der Waals surface area contributed by atoms with Crippen LogP contribution in [-0.4, -0.2) is 9.97 Å². The van der Waals surface area contributed by atoms with E-state index in [-0.39, 0.29) is 5.41 Å². The average molecular weight is 320 g/mol. The minimum atomic E-state index is -3.45. The highest BCUT2D eigenvalue weighted by molar-refractivity contribution is 5.46. The van der Waals surface area contributed by atoms with Gasteiger partial charge in [-0.1, -0.05) is 45.9 Å². The van der Waals surface area contributed by atoms with Gasteiger partial charge in [0.1, 0.15) is 0 Å². The number of allylic oxidation sites excluding steroid dienone is 3. The lowest BCUT2D eigenvalue weighted by Gasteiger charge is -2.29. The van der Waals surface area contributed by atoms with Crippen molar-refractivity contribution in [3.05, 3.63) is 51.6 Å². The molecular formula is C18H22F2N2O. The van der Waals surface area contributed by atoms with E-state index in [1.54, 1.807) is 6.08 Å². The van der Waals surface area contributed by atoms with Gasteiger partial charge in [-0.3, -0.25) is 4.79 Å². The van der Waals surface area contributed by atoms with Crippen molar-refractivity contribution < 1.29 is 8.78 Å². The minimum absolute atomic E-state index is 0.273. The molecule has 5 heteroatoms. The molecule has 1 aliphatic carbocycles. The summed E-state index contributed by atoms with van der Waals surface area (Å²) in [5, 5.41) is 0.818. The summed E-state index contributed by atoms with van der Waals surface area (Å²) in [6.45, 7) is 9.40. The Hall–Kier alpha value is -2.04. The van der Waals surface area contributed by atoms with Crippen LogP contribution in [0.2, 0.25) is 0 Å². The summed E-state index contributed by atoms with van der Waals surface area (Å²) in [7, 11) is 0. The molecule has 2 unspecified atom stereocenters. The number of rotatable bonds is 5. The van der Waals surface area contributed by atoms with Crippen molar-refractivity contribution in [3.63, 3.8) is 0 Å². The molecule has 124 valence electrons. The molecule has 1 aliphatic rings. The lowest BCUT2D eigenvalue weighted by atomic mass is 9.75. The summed E-state index contributed by atoms with van der Waals surface area (Å²) in [5.74, 6) is -3.11. The van der Waals surface area contributed by atoms with Gasteiger partial charge in [-0.05, 0) is 30.6 Å². The van der Waals surface area contributed by atoms with Crippen LogP contribution in [0.15, 0.2) is 29.6 Å². The summed E-state index contributed by atoms with van der Waals surface area (Å²) < 4.78 is 27.5.